The molecule has 0 saturated carbocycles. The number of hydrogen-bond acceptors (Lipinski definition) is 4. The molecule has 0 radical (unpaired) electrons. The maximum absolute atomic E-state index is 14.3. The standard InChI is InChI=1S/C24H24ClF2N3O3/c1-3-32-22-9-7-19(26)18(23(22)27)15-29-24(31)33-13-5-4-11-30-12-10-17-20(28-2)14-16(25)6-8-21(17)30/h7-10,12,14H,2-5,11,13,15H2,1H3,(H,29,31). The molecular weight excluding hydrogens is 452 g/mol. The van der Waals surface area contributed by atoms with Crippen LogP contribution in [0.2, 0.25) is 0 Å². The number of halogens is 3. The molecule has 1 heterocycles. The molecule has 2 aromatic rings. The highest BCUT2D eigenvalue weighted by Crippen LogP contribution is 2.28. The second-order valence-corrected chi connectivity index (χ2v) is 7.51. The quantitative estimate of drug-likeness (QED) is 0.274. The highest BCUT2D eigenvalue weighted by molar-refractivity contribution is 6.31. The number of aromatic nitrogens is 1. The van der Waals surface area contributed by atoms with E-state index in [4.69, 9.17) is 21.1 Å². The molecule has 0 spiro atoms. The van der Waals surface area contributed by atoms with Gasteiger partial charge in [-0.1, -0.05) is 17.3 Å². The van der Waals surface area contributed by atoms with Crippen LogP contribution in [-0.4, -0.2) is 30.6 Å². The smallest absolute Gasteiger partial charge is 0.407 e. The number of carbonyl (C=O) groups excluding carboxylic acids is 1. The van der Waals surface area contributed by atoms with E-state index in [0.717, 1.165) is 23.7 Å². The van der Waals surface area contributed by atoms with E-state index in [1.54, 1.807) is 19.1 Å². The first-order valence-corrected chi connectivity index (χ1v) is 10.8. The minimum absolute atomic E-state index is 0.0638. The molecule has 3 rings (SSSR count). The minimum atomic E-state index is -0.835. The van der Waals surface area contributed by atoms with Gasteiger partial charge >= 0.3 is 6.09 Å². The Labute approximate surface area is 195 Å². The Morgan fingerprint density at radius 1 is 1.30 bits per heavy atom. The third-order valence-electron chi connectivity index (χ3n) is 4.95. The van der Waals surface area contributed by atoms with Crippen LogP contribution < -0.4 is 10.1 Å². The number of unbranched alkanes of at least 4 members (excludes halogenated alkanes) is 1. The van der Waals surface area contributed by atoms with Gasteiger partial charge in [0.25, 0.3) is 0 Å². The van der Waals surface area contributed by atoms with Gasteiger partial charge in [0.15, 0.2) is 11.6 Å². The van der Waals surface area contributed by atoms with Crippen LogP contribution in [0.3, 0.4) is 0 Å². The minimum Gasteiger partial charge on any atom is -0.491 e. The summed E-state index contributed by atoms with van der Waals surface area (Å²) in [6.45, 7) is 6.03. The first-order chi connectivity index (χ1) is 15.9. The summed E-state index contributed by atoms with van der Waals surface area (Å²) in [5.41, 5.74) is 5.21. The molecule has 0 unspecified atom stereocenters. The van der Waals surface area contributed by atoms with Crippen LogP contribution in [0.25, 0.3) is 11.8 Å². The van der Waals surface area contributed by atoms with Gasteiger partial charge in [-0.05, 0) is 50.8 Å². The van der Waals surface area contributed by atoms with Crippen LogP contribution in [0.4, 0.5) is 13.6 Å². The third-order valence-corrected chi connectivity index (χ3v) is 5.17. The largest absolute Gasteiger partial charge is 0.491 e. The second kappa shape index (κ2) is 11.5. The van der Waals surface area contributed by atoms with Gasteiger partial charge in [0.1, 0.15) is 5.82 Å². The molecule has 1 N–H and O–H groups in total. The summed E-state index contributed by atoms with van der Waals surface area (Å²) in [5.74, 6) is -1.67. The van der Waals surface area contributed by atoms with Gasteiger partial charge in [-0.15, -0.1) is 0 Å². The molecule has 1 aromatic heterocycles. The molecule has 0 atom stereocenters. The van der Waals surface area contributed by atoms with Crippen LogP contribution in [0.5, 0.6) is 5.75 Å². The van der Waals surface area contributed by atoms with Crippen molar-refractivity contribution in [1.29, 1.82) is 0 Å². The fourth-order valence-electron chi connectivity index (χ4n) is 3.33. The van der Waals surface area contributed by atoms with Crippen molar-refractivity contribution < 1.29 is 23.0 Å². The Kier molecular flexibility index (Phi) is 8.46. The molecule has 1 aliphatic carbocycles. The highest BCUT2D eigenvalue weighted by Gasteiger charge is 2.16. The number of rotatable bonds is 10. The molecule has 1 aromatic carbocycles. The van der Waals surface area contributed by atoms with E-state index in [2.05, 4.69) is 22.8 Å². The van der Waals surface area contributed by atoms with E-state index in [1.807, 2.05) is 16.8 Å². The summed E-state index contributed by atoms with van der Waals surface area (Å²) in [6.07, 6.45) is 6.03. The molecule has 1 aliphatic rings. The third kappa shape index (κ3) is 6.12. The van der Waals surface area contributed by atoms with Crippen LogP contribution in [0.1, 0.15) is 36.6 Å². The number of ether oxygens (including phenoxy) is 2. The van der Waals surface area contributed by atoms with Gasteiger partial charge in [0.05, 0.1) is 36.2 Å². The first kappa shape index (κ1) is 24.3. The predicted octanol–water partition coefficient (Wildman–Crippen LogP) is 5.66. The van der Waals surface area contributed by atoms with Crippen molar-refractivity contribution in [3.05, 3.63) is 69.7 Å². The molecule has 9 heteroatoms. The van der Waals surface area contributed by atoms with Crippen molar-refractivity contribution in [1.82, 2.24) is 9.88 Å². The van der Waals surface area contributed by atoms with Crippen molar-refractivity contribution in [3.8, 4) is 5.75 Å². The lowest BCUT2D eigenvalue weighted by molar-refractivity contribution is 0.143. The molecule has 33 heavy (non-hydrogen) atoms. The Balaban J connectivity index is 1.45. The fraction of sp³-hybridized carbons (Fsp3) is 0.292. The number of amides is 1. The van der Waals surface area contributed by atoms with Crippen LogP contribution in [0.15, 0.2) is 46.2 Å². The molecule has 0 bridgehead atoms. The van der Waals surface area contributed by atoms with Gasteiger partial charge in [0, 0.05) is 29.9 Å². The molecular formula is C24H24ClF2N3O3. The van der Waals surface area contributed by atoms with E-state index in [-0.39, 0.29) is 31.1 Å². The molecule has 0 saturated heterocycles. The number of aliphatic imine (C=N–C) groups is 1. The number of benzene rings is 1. The fourth-order valence-corrected chi connectivity index (χ4v) is 3.49. The normalized spacial score (nSPS) is 12.4. The number of allylic oxidation sites excluding steroid dienone is 2. The highest BCUT2D eigenvalue weighted by atomic mass is 35.5. The van der Waals surface area contributed by atoms with E-state index >= 15 is 0 Å². The lowest BCUT2D eigenvalue weighted by Gasteiger charge is -2.11. The zero-order valence-electron chi connectivity index (χ0n) is 18.2. The maximum atomic E-state index is 14.3. The lowest BCUT2D eigenvalue weighted by Crippen LogP contribution is -2.25. The maximum Gasteiger partial charge on any atom is 0.407 e. The molecule has 6 nitrogen and oxygen atoms in total. The lowest BCUT2D eigenvalue weighted by atomic mass is 10.2. The predicted molar refractivity (Wildman–Crippen MR) is 124 cm³/mol. The number of alkyl carbamates (subject to hydrolysis) is 1. The number of fused-ring (bicyclic) bond motifs is 1. The Morgan fingerprint density at radius 2 is 2.12 bits per heavy atom. The first-order valence-electron chi connectivity index (χ1n) is 10.4. The Morgan fingerprint density at radius 3 is 2.88 bits per heavy atom. The van der Waals surface area contributed by atoms with Gasteiger partial charge in [-0.2, -0.15) is 0 Å². The van der Waals surface area contributed by atoms with Crippen molar-refractivity contribution in [2.45, 2.75) is 32.9 Å². The second-order valence-electron chi connectivity index (χ2n) is 7.10. The van der Waals surface area contributed by atoms with Crippen molar-refractivity contribution in [2.75, 3.05) is 13.2 Å². The van der Waals surface area contributed by atoms with Gasteiger partial charge in [-0.3, -0.25) is 4.99 Å². The summed E-state index contributed by atoms with van der Waals surface area (Å²) in [4.78, 5) is 15.9. The summed E-state index contributed by atoms with van der Waals surface area (Å²) in [6, 6.07) is 4.25. The van der Waals surface area contributed by atoms with Crippen molar-refractivity contribution in [3.63, 3.8) is 0 Å². The average molecular weight is 476 g/mol. The molecule has 1 amide bonds. The number of nitrogens with one attached hydrogen (secondary N) is 1. The molecule has 0 fully saturated rings. The number of hydrogen-bond donors (Lipinski definition) is 1. The van der Waals surface area contributed by atoms with Gasteiger partial charge < -0.3 is 19.4 Å². The number of carbonyl (C=O) groups is 1. The monoisotopic (exact) mass is 475 g/mol. The van der Waals surface area contributed by atoms with E-state index < -0.39 is 17.7 Å². The van der Waals surface area contributed by atoms with Gasteiger partial charge in [0.2, 0.25) is 0 Å². The van der Waals surface area contributed by atoms with Gasteiger partial charge in [-0.25, -0.2) is 13.6 Å². The number of aryl methyl sites for hydroxylation is 1. The summed E-state index contributed by atoms with van der Waals surface area (Å²) >= 11 is 6.07. The summed E-state index contributed by atoms with van der Waals surface area (Å²) in [5, 5.41) is 2.81. The topological polar surface area (TPSA) is 64.9 Å². The SMILES string of the molecule is C=NC1=CC(Cl)=C=Cc2c1ccn2CCCCOC(=O)NCc1c(F)ccc(OCC)c1F. The van der Waals surface area contributed by atoms with Crippen molar-refractivity contribution in [2.24, 2.45) is 4.99 Å². The van der Waals surface area contributed by atoms with E-state index in [1.165, 1.54) is 6.07 Å². The van der Waals surface area contributed by atoms with Crippen LogP contribution in [-0.2, 0) is 17.8 Å². The summed E-state index contributed by atoms with van der Waals surface area (Å²) < 4.78 is 40.4. The Bertz CT molecular complexity index is 1130. The van der Waals surface area contributed by atoms with E-state index in [9.17, 15) is 13.6 Å². The zero-order valence-corrected chi connectivity index (χ0v) is 18.9. The zero-order chi connectivity index (χ0) is 23.8. The molecule has 174 valence electrons. The Hall–Kier alpha value is -3.35. The van der Waals surface area contributed by atoms with Crippen LogP contribution >= 0.6 is 11.6 Å². The van der Waals surface area contributed by atoms with Crippen molar-refractivity contribution >= 4 is 36.2 Å². The number of nitrogens with zero attached hydrogens (tertiary/aromatic N) is 2. The van der Waals surface area contributed by atoms with E-state index in [0.29, 0.717) is 23.7 Å². The van der Waals surface area contributed by atoms with Crippen LogP contribution in [0, 0.1) is 11.6 Å². The summed E-state index contributed by atoms with van der Waals surface area (Å²) in [7, 11) is 0. The average Bonchev–Trinajstić information content (AvgIpc) is 3.12. The molecule has 0 aliphatic heterocycles.